The van der Waals surface area contributed by atoms with Crippen molar-refractivity contribution in [2.24, 2.45) is 11.8 Å². The summed E-state index contributed by atoms with van der Waals surface area (Å²) in [6.07, 6.45) is 1.89. The zero-order chi connectivity index (χ0) is 32.8. The summed E-state index contributed by atoms with van der Waals surface area (Å²) in [7, 11) is 3.20. The maximum Gasteiger partial charge on any atom is 0.314 e. The summed E-state index contributed by atoms with van der Waals surface area (Å²) >= 11 is 0. The van der Waals surface area contributed by atoms with E-state index in [1.807, 2.05) is 0 Å². The van der Waals surface area contributed by atoms with Gasteiger partial charge in [0.05, 0.1) is 11.8 Å². The Labute approximate surface area is 265 Å². The van der Waals surface area contributed by atoms with Crippen LogP contribution < -0.4 is 19.3 Å². The van der Waals surface area contributed by atoms with Crippen LogP contribution in [0.4, 0.5) is 20.2 Å². The maximum atomic E-state index is 13.2. The Morgan fingerprint density at radius 3 is 1.13 bits per heavy atom. The van der Waals surface area contributed by atoms with Gasteiger partial charge in [-0.05, 0) is 123 Å². The number of nitrogens with zero attached hydrogens (tertiary/aromatic N) is 2. The van der Waals surface area contributed by atoms with Crippen LogP contribution in [-0.2, 0) is 9.59 Å². The Kier molecular flexibility index (Phi) is 9.85. The second kappa shape index (κ2) is 14.2. The van der Waals surface area contributed by atoms with Crippen LogP contribution in [0, 0.1) is 23.5 Å². The molecule has 0 N–H and O–H groups in total. The van der Waals surface area contributed by atoms with E-state index in [-0.39, 0.29) is 35.6 Å². The maximum absolute atomic E-state index is 13.2. The first kappa shape index (κ1) is 32.0. The van der Waals surface area contributed by atoms with Gasteiger partial charge in [-0.3, -0.25) is 19.2 Å². The molecule has 0 aromatic heterocycles. The van der Waals surface area contributed by atoms with Gasteiger partial charge in [0.15, 0.2) is 0 Å². The summed E-state index contributed by atoms with van der Waals surface area (Å²) < 4.78 is 37.5. The van der Waals surface area contributed by atoms with Crippen molar-refractivity contribution in [3.05, 3.63) is 120 Å². The Morgan fingerprint density at radius 1 is 0.522 bits per heavy atom. The van der Waals surface area contributed by atoms with E-state index in [1.165, 1.54) is 58.3 Å². The third-order valence-electron chi connectivity index (χ3n) is 8.07. The van der Waals surface area contributed by atoms with Gasteiger partial charge in [0.25, 0.3) is 11.8 Å². The summed E-state index contributed by atoms with van der Waals surface area (Å²) in [5.74, 6) is -2.27. The van der Waals surface area contributed by atoms with E-state index < -0.39 is 11.6 Å². The highest BCUT2D eigenvalue weighted by Gasteiger charge is 2.32. The minimum Gasteiger partial charge on any atom is -0.426 e. The number of carbonyl (C=O) groups excluding carboxylic acids is 4. The zero-order valence-electron chi connectivity index (χ0n) is 25.3. The normalized spacial score (nSPS) is 15.8. The molecule has 5 rings (SSSR count). The smallest absolute Gasteiger partial charge is 0.314 e. The van der Waals surface area contributed by atoms with Gasteiger partial charge in [0.2, 0.25) is 0 Å². The SMILES string of the molecule is CN(C(=O)c1ccc(F)cc1)c1ccc(OC(=O)C2CCC(C(=O)Oc3ccc(N(C)C(=O)c4ccc(F)cc4)cc3)CC2)cc1. The lowest BCUT2D eigenvalue weighted by atomic mass is 9.82. The number of amides is 2. The first-order chi connectivity index (χ1) is 22.1. The van der Waals surface area contributed by atoms with E-state index in [0.29, 0.717) is 59.7 Å². The quantitative estimate of drug-likeness (QED) is 0.157. The van der Waals surface area contributed by atoms with Crippen LogP contribution in [0.3, 0.4) is 0 Å². The Balaban J connectivity index is 1.08. The predicted molar refractivity (Wildman–Crippen MR) is 168 cm³/mol. The molecule has 0 spiro atoms. The number of ether oxygens (including phenoxy) is 2. The summed E-state index contributed by atoms with van der Waals surface area (Å²) in [5, 5.41) is 0. The van der Waals surface area contributed by atoms with E-state index >= 15 is 0 Å². The third kappa shape index (κ3) is 7.63. The Bertz CT molecular complexity index is 1570. The molecular formula is C36H32F2N2O6. The van der Waals surface area contributed by atoms with Crippen molar-refractivity contribution in [1.29, 1.82) is 0 Å². The van der Waals surface area contributed by atoms with Gasteiger partial charge in [0, 0.05) is 36.6 Å². The van der Waals surface area contributed by atoms with Crippen molar-refractivity contribution < 1.29 is 37.4 Å². The van der Waals surface area contributed by atoms with E-state index in [4.69, 9.17) is 9.47 Å². The molecule has 1 aliphatic carbocycles. The van der Waals surface area contributed by atoms with Crippen LogP contribution in [0.25, 0.3) is 0 Å². The highest BCUT2D eigenvalue weighted by Crippen LogP contribution is 2.32. The fourth-order valence-electron chi connectivity index (χ4n) is 5.25. The first-order valence-electron chi connectivity index (χ1n) is 14.8. The van der Waals surface area contributed by atoms with Gasteiger partial charge in [0.1, 0.15) is 23.1 Å². The van der Waals surface area contributed by atoms with E-state index in [9.17, 15) is 28.0 Å². The molecule has 0 atom stereocenters. The van der Waals surface area contributed by atoms with E-state index in [0.717, 1.165) is 0 Å². The van der Waals surface area contributed by atoms with Crippen LogP contribution in [0.1, 0.15) is 46.4 Å². The van der Waals surface area contributed by atoms with Crippen molar-refractivity contribution in [3.8, 4) is 11.5 Å². The van der Waals surface area contributed by atoms with Gasteiger partial charge in [-0.2, -0.15) is 0 Å². The lowest BCUT2D eigenvalue weighted by Crippen LogP contribution is -2.30. The number of hydrogen-bond acceptors (Lipinski definition) is 6. The lowest BCUT2D eigenvalue weighted by molar-refractivity contribution is -0.145. The van der Waals surface area contributed by atoms with Crippen LogP contribution in [0.2, 0.25) is 0 Å². The molecule has 4 aromatic carbocycles. The standard InChI is InChI=1S/C36H32F2N2O6/c1-39(33(41)23-7-11-27(37)12-8-23)29-15-19-31(20-16-29)45-35(43)25-3-5-26(6-4-25)36(44)46-32-21-17-30(18-22-32)40(2)34(42)24-9-13-28(38)14-10-24/h7-22,25-26H,3-6H2,1-2H3. The summed E-state index contributed by atoms with van der Waals surface area (Å²) in [6.45, 7) is 0. The molecule has 1 aliphatic rings. The topological polar surface area (TPSA) is 93.2 Å². The van der Waals surface area contributed by atoms with Crippen molar-refractivity contribution in [1.82, 2.24) is 0 Å². The number of benzene rings is 4. The fourth-order valence-corrected chi connectivity index (χ4v) is 5.25. The molecule has 0 saturated heterocycles. The summed E-state index contributed by atoms with van der Waals surface area (Å²) in [5.41, 5.74) is 1.84. The molecule has 0 aliphatic heterocycles. The largest absolute Gasteiger partial charge is 0.426 e. The van der Waals surface area contributed by atoms with Crippen molar-refractivity contribution in [3.63, 3.8) is 0 Å². The van der Waals surface area contributed by atoms with E-state index in [2.05, 4.69) is 0 Å². The highest BCUT2D eigenvalue weighted by atomic mass is 19.1. The second-order valence-corrected chi connectivity index (χ2v) is 11.1. The predicted octanol–water partition coefficient (Wildman–Crippen LogP) is 6.84. The molecule has 2 amide bonds. The van der Waals surface area contributed by atoms with Crippen LogP contribution >= 0.6 is 0 Å². The molecule has 0 bridgehead atoms. The van der Waals surface area contributed by atoms with Gasteiger partial charge >= 0.3 is 11.9 Å². The number of halogens is 2. The number of esters is 2. The molecule has 46 heavy (non-hydrogen) atoms. The Hall–Kier alpha value is -5.38. The Morgan fingerprint density at radius 2 is 0.826 bits per heavy atom. The molecule has 1 saturated carbocycles. The van der Waals surface area contributed by atoms with Crippen molar-refractivity contribution >= 4 is 35.1 Å². The van der Waals surface area contributed by atoms with Gasteiger partial charge in [-0.15, -0.1) is 0 Å². The second-order valence-electron chi connectivity index (χ2n) is 11.1. The molecule has 0 unspecified atom stereocenters. The van der Waals surface area contributed by atoms with Gasteiger partial charge < -0.3 is 19.3 Å². The molecular weight excluding hydrogens is 594 g/mol. The molecule has 236 valence electrons. The molecule has 1 fully saturated rings. The van der Waals surface area contributed by atoms with Crippen molar-refractivity contribution in [2.45, 2.75) is 25.7 Å². The lowest BCUT2D eigenvalue weighted by Gasteiger charge is -2.26. The minimum absolute atomic E-state index is 0.306. The number of carbonyl (C=O) groups is 4. The molecule has 8 nitrogen and oxygen atoms in total. The number of anilines is 2. The van der Waals surface area contributed by atoms with E-state index in [1.54, 1.807) is 62.6 Å². The van der Waals surface area contributed by atoms with Crippen LogP contribution in [0.15, 0.2) is 97.1 Å². The van der Waals surface area contributed by atoms with Crippen LogP contribution in [-0.4, -0.2) is 37.8 Å². The van der Waals surface area contributed by atoms with Gasteiger partial charge in [-0.1, -0.05) is 0 Å². The van der Waals surface area contributed by atoms with Crippen molar-refractivity contribution in [2.75, 3.05) is 23.9 Å². The monoisotopic (exact) mass is 626 g/mol. The average molecular weight is 627 g/mol. The molecule has 10 heteroatoms. The molecule has 0 heterocycles. The minimum atomic E-state index is -0.425. The fraction of sp³-hybridized carbons (Fsp3) is 0.222. The van der Waals surface area contributed by atoms with Crippen LogP contribution in [0.5, 0.6) is 11.5 Å². The first-order valence-corrected chi connectivity index (χ1v) is 14.8. The number of rotatable bonds is 8. The number of hydrogen-bond donors (Lipinski definition) is 0. The summed E-state index contributed by atoms with van der Waals surface area (Å²) in [4.78, 5) is 53.9. The zero-order valence-corrected chi connectivity index (χ0v) is 25.3. The third-order valence-corrected chi connectivity index (χ3v) is 8.07. The summed E-state index contributed by atoms with van der Waals surface area (Å²) in [6, 6.07) is 23.6. The highest BCUT2D eigenvalue weighted by molar-refractivity contribution is 6.06. The average Bonchev–Trinajstić information content (AvgIpc) is 3.08. The van der Waals surface area contributed by atoms with Gasteiger partial charge in [-0.25, -0.2) is 8.78 Å². The molecule has 4 aromatic rings. The molecule has 0 radical (unpaired) electrons.